The zero-order valence-corrected chi connectivity index (χ0v) is 11.3. The van der Waals surface area contributed by atoms with Gasteiger partial charge in [0.1, 0.15) is 0 Å². The lowest BCUT2D eigenvalue weighted by Gasteiger charge is -2.08. The van der Waals surface area contributed by atoms with Crippen molar-refractivity contribution in [2.24, 2.45) is 0 Å². The molecule has 1 rings (SSSR count). The third-order valence-corrected chi connectivity index (χ3v) is 3.21. The van der Waals surface area contributed by atoms with Gasteiger partial charge in [0.25, 0.3) is 0 Å². The number of nitrogens with one attached hydrogen (secondary N) is 1. The van der Waals surface area contributed by atoms with Gasteiger partial charge in [0, 0.05) is 17.9 Å². The van der Waals surface area contributed by atoms with Crippen LogP contribution in [0.3, 0.4) is 0 Å². The first-order chi connectivity index (χ1) is 8.54. The largest absolute Gasteiger partial charge is 0.481 e. The number of carbonyl (C=O) groups is 2. The highest BCUT2D eigenvalue weighted by atomic mass is 32.2. The lowest BCUT2D eigenvalue weighted by Crippen LogP contribution is -2.12. The molecule has 1 aromatic carbocycles. The molecule has 1 unspecified atom stereocenters. The smallest absolute Gasteiger partial charge is 0.310 e. The summed E-state index contributed by atoms with van der Waals surface area (Å²) < 4.78 is 0. The molecule has 1 atom stereocenters. The number of thioether (sulfide) groups is 1. The minimum absolute atomic E-state index is 0.0246. The summed E-state index contributed by atoms with van der Waals surface area (Å²) in [6.07, 6.45) is 2.43. The second-order valence-electron chi connectivity index (χ2n) is 3.97. The van der Waals surface area contributed by atoms with E-state index < -0.39 is 11.9 Å². The Morgan fingerprint density at radius 3 is 2.44 bits per heavy atom. The van der Waals surface area contributed by atoms with Crippen LogP contribution in [0.4, 0.5) is 5.69 Å². The van der Waals surface area contributed by atoms with E-state index in [0.717, 1.165) is 11.3 Å². The predicted octanol–water partition coefficient (Wildman–Crippen LogP) is 2.57. The highest BCUT2D eigenvalue weighted by Gasteiger charge is 2.13. The number of aliphatic carboxylic acids is 1. The summed E-state index contributed by atoms with van der Waals surface area (Å²) >= 11 is 1.62. The van der Waals surface area contributed by atoms with Crippen molar-refractivity contribution in [2.75, 3.05) is 17.3 Å². The fourth-order valence-electron chi connectivity index (χ4n) is 1.42. The molecule has 4 nitrogen and oxygen atoms in total. The van der Waals surface area contributed by atoms with E-state index in [4.69, 9.17) is 5.11 Å². The number of hydrogen-bond donors (Lipinski definition) is 2. The Kier molecular flexibility index (Phi) is 5.71. The number of carboxylic acids is 1. The van der Waals surface area contributed by atoms with Crippen molar-refractivity contribution in [3.05, 3.63) is 29.8 Å². The molecule has 0 aliphatic heterocycles. The molecular weight excluding hydrogens is 250 g/mol. The van der Waals surface area contributed by atoms with Crippen molar-refractivity contribution < 1.29 is 14.7 Å². The Bertz CT molecular complexity index is 417. The van der Waals surface area contributed by atoms with Crippen LogP contribution in [-0.2, 0) is 9.59 Å². The molecule has 5 heteroatoms. The average molecular weight is 267 g/mol. The van der Waals surface area contributed by atoms with Gasteiger partial charge in [0.2, 0.25) is 5.91 Å². The number of rotatable bonds is 6. The van der Waals surface area contributed by atoms with Crippen LogP contribution in [0.5, 0.6) is 0 Å². The molecule has 0 bridgehead atoms. The van der Waals surface area contributed by atoms with Gasteiger partial charge in [-0.2, -0.15) is 11.8 Å². The quantitative estimate of drug-likeness (QED) is 0.831. The Morgan fingerprint density at radius 1 is 1.33 bits per heavy atom. The van der Waals surface area contributed by atoms with Gasteiger partial charge in [-0.25, -0.2) is 0 Å². The van der Waals surface area contributed by atoms with Crippen molar-refractivity contribution in [1.82, 2.24) is 0 Å². The fourth-order valence-corrected chi connectivity index (χ4v) is 1.81. The van der Waals surface area contributed by atoms with Gasteiger partial charge in [-0.05, 0) is 30.9 Å². The Hall–Kier alpha value is -1.49. The minimum Gasteiger partial charge on any atom is -0.481 e. The second kappa shape index (κ2) is 7.06. The highest BCUT2D eigenvalue weighted by Crippen LogP contribution is 2.18. The first kappa shape index (κ1) is 14.6. The Labute approximate surface area is 111 Å². The molecule has 0 aliphatic carbocycles. The molecule has 0 aliphatic rings. The summed E-state index contributed by atoms with van der Waals surface area (Å²) in [5.41, 5.74) is 1.42. The first-order valence-electron chi connectivity index (χ1n) is 5.66. The van der Waals surface area contributed by atoms with Crippen LogP contribution >= 0.6 is 11.8 Å². The molecule has 0 saturated carbocycles. The second-order valence-corrected chi connectivity index (χ2v) is 4.96. The van der Waals surface area contributed by atoms with Gasteiger partial charge in [-0.15, -0.1) is 0 Å². The van der Waals surface area contributed by atoms with Crippen LogP contribution in [0.1, 0.15) is 24.8 Å². The van der Waals surface area contributed by atoms with Crippen LogP contribution in [0.2, 0.25) is 0 Å². The number of hydrogen-bond acceptors (Lipinski definition) is 3. The maximum atomic E-state index is 11.5. The van der Waals surface area contributed by atoms with E-state index in [0.29, 0.717) is 12.1 Å². The van der Waals surface area contributed by atoms with E-state index >= 15 is 0 Å². The van der Waals surface area contributed by atoms with Crippen LogP contribution in [0, 0.1) is 0 Å². The lowest BCUT2D eigenvalue weighted by atomic mass is 10.0. The summed E-state index contributed by atoms with van der Waals surface area (Å²) in [6.45, 7) is 1.63. The first-order valence-corrected chi connectivity index (χ1v) is 7.05. The molecule has 0 fully saturated rings. The average Bonchev–Trinajstić information content (AvgIpc) is 2.36. The van der Waals surface area contributed by atoms with Gasteiger partial charge in [0.05, 0.1) is 5.92 Å². The molecule has 98 valence electrons. The van der Waals surface area contributed by atoms with Crippen LogP contribution < -0.4 is 5.32 Å². The molecule has 0 radical (unpaired) electrons. The standard InChI is InChI=1S/C13H17NO3S/c1-9(13(16)17)10-3-5-11(6-4-10)14-12(15)7-8-18-2/h3-6,9H,7-8H2,1-2H3,(H,14,15)(H,16,17). The minimum atomic E-state index is -0.855. The van der Waals surface area contributed by atoms with Crippen molar-refractivity contribution >= 4 is 29.3 Å². The fraction of sp³-hybridized carbons (Fsp3) is 0.385. The normalized spacial score (nSPS) is 11.9. The maximum absolute atomic E-state index is 11.5. The van der Waals surface area contributed by atoms with E-state index in [9.17, 15) is 9.59 Å². The molecule has 2 N–H and O–H groups in total. The SMILES string of the molecule is CSCCC(=O)Nc1ccc(C(C)C(=O)O)cc1. The summed E-state index contributed by atoms with van der Waals surface area (Å²) in [5.74, 6) is -0.624. The molecule has 0 spiro atoms. The lowest BCUT2D eigenvalue weighted by molar-refractivity contribution is -0.138. The highest BCUT2D eigenvalue weighted by molar-refractivity contribution is 7.98. The van der Waals surface area contributed by atoms with E-state index in [1.165, 1.54) is 0 Å². The third-order valence-electron chi connectivity index (χ3n) is 2.60. The van der Waals surface area contributed by atoms with Crippen molar-refractivity contribution in [2.45, 2.75) is 19.3 Å². The molecule has 1 amide bonds. The molecule has 1 aromatic rings. The molecule has 18 heavy (non-hydrogen) atoms. The Balaban J connectivity index is 2.60. The van der Waals surface area contributed by atoms with Crippen LogP contribution in [-0.4, -0.2) is 29.0 Å². The van der Waals surface area contributed by atoms with E-state index in [-0.39, 0.29) is 5.91 Å². The number of amides is 1. The van der Waals surface area contributed by atoms with Gasteiger partial charge >= 0.3 is 5.97 Å². The maximum Gasteiger partial charge on any atom is 0.310 e. The zero-order valence-electron chi connectivity index (χ0n) is 10.5. The molecule has 0 aromatic heterocycles. The van der Waals surface area contributed by atoms with Crippen molar-refractivity contribution in [3.8, 4) is 0 Å². The summed E-state index contributed by atoms with van der Waals surface area (Å²) in [6, 6.07) is 6.91. The third kappa shape index (κ3) is 4.41. The number of carboxylic acid groups (broad SMARTS) is 1. The summed E-state index contributed by atoms with van der Waals surface area (Å²) in [4.78, 5) is 22.3. The summed E-state index contributed by atoms with van der Waals surface area (Å²) in [7, 11) is 0. The number of carbonyl (C=O) groups excluding carboxylic acids is 1. The predicted molar refractivity (Wildman–Crippen MR) is 74.1 cm³/mol. The molecule has 0 heterocycles. The Morgan fingerprint density at radius 2 is 1.94 bits per heavy atom. The zero-order chi connectivity index (χ0) is 13.5. The van der Waals surface area contributed by atoms with Crippen LogP contribution in [0.15, 0.2) is 24.3 Å². The molecular formula is C13H17NO3S. The monoisotopic (exact) mass is 267 g/mol. The van der Waals surface area contributed by atoms with Crippen molar-refractivity contribution in [1.29, 1.82) is 0 Å². The van der Waals surface area contributed by atoms with E-state index in [1.807, 2.05) is 6.26 Å². The number of anilines is 1. The van der Waals surface area contributed by atoms with Gasteiger partial charge in [-0.1, -0.05) is 12.1 Å². The number of benzene rings is 1. The summed E-state index contributed by atoms with van der Waals surface area (Å²) in [5, 5.41) is 11.6. The van der Waals surface area contributed by atoms with E-state index in [2.05, 4.69) is 5.32 Å². The van der Waals surface area contributed by atoms with Crippen LogP contribution in [0.25, 0.3) is 0 Å². The topological polar surface area (TPSA) is 66.4 Å². The molecule has 0 saturated heterocycles. The van der Waals surface area contributed by atoms with Gasteiger partial charge < -0.3 is 10.4 Å². The van der Waals surface area contributed by atoms with Crippen molar-refractivity contribution in [3.63, 3.8) is 0 Å². The van der Waals surface area contributed by atoms with Gasteiger partial charge in [0.15, 0.2) is 0 Å². The van der Waals surface area contributed by atoms with E-state index in [1.54, 1.807) is 43.0 Å². The van der Waals surface area contributed by atoms with Gasteiger partial charge in [-0.3, -0.25) is 9.59 Å².